The predicted molar refractivity (Wildman–Crippen MR) is 65.4 cm³/mol. The van der Waals surface area contributed by atoms with Gasteiger partial charge in [0, 0.05) is 6.07 Å². The lowest BCUT2D eigenvalue weighted by Crippen LogP contribution is -2.10. The number of nitrogen functional groups attached to an aromatic ring is 2. The van der Waals surface area contributed by atoms with Crippen molar-refractivity contribution in [1.82, 2.24) is 9.97 Å². The van der Waals surface area contributed by atoms with Gasteiger partial charge in [0.2, 0.25) is 11.8 Å². The summed E-state index contributed by atoms with van der Waals surface area (Å²) < 4.78 is 18.7. The van der Waals surface area contributed by atoms with Crippen LogP contribution in [0.4, 0.5) is 16.2 Å². The van der Waals surface area contributed by atoms with E-state index in [1.54, 1.807) is 6.07 Å². The highest BCUT2D eigenvalue weighted by molar-refractivity contribution is 5.47. The van der Waals surface area contributed by atoms with Crippen molar-refractivity contribution in [2.45, 2.75) is 0 Å². The van der Waals surface area contributed by atoms with Crippen LogP contribution in [0.3, 0.4) is 0 Å². The molecule has 1 heterocycles. The van der Waals surface area contributed by atoms with Crippen molar-refractivity contribution in [3.05, 3.63) is 35.6 Å². The topological polar surface area (TPSA) is 123 Å². The first-order chi connectivity index (χ1) is 9.13. The number of nitrogens with two attached hydrogens (primary N) is 2. The lowest BCUT2D eigenvalue weighted by Gasteiger charge is -2.08. The van der Waals surface area contributed by atoms with Crippen LogP contribution in [0.1, 0.15) is 5.56 Å². The minimum absolute atomic E-state index is 0.0311. The number of hydrogen-bond donors (Lipinski definition) is 3. The van der Waals surface area contributed by atoms with E-state index in [2.05, 4.69) is 15.4 Å². The van der Waals surface area contributed by atoms with E-state index < -0.39 is 5.82 Å². The van der Waals surface area contributed by atoms with Gasteiger partial charge in [-0.25, -0.2) is 10.2 Å². The first-order valence-electron chi connectivity index (χ1n) is 5.11. The smallest absolute Gasteiger partial charge is 0.226 e. The number of rotatable bonds is 3. The van der Waals surface area contributed by atoms with Gasteiger partial charge in [-0.1, -0.05) is 6.07 Å². The molecule has 0 radical (unpaired) electrons. The summed E-state index contributed by atoms with van der Waals surface area (Å²) in [7, 11) is 0. The molecule has 0 fully saturated rings. The molecule has 2 rings (SSSR count). The fourth-order valence-corrected chi connectivity index (χ4v) is 1.38. The molecule has 0 unspecified atom stereocenters. The van der Waals surface area contributed by atoms with E-state index in [9.17, 15) is 4.39 Å². The van der Waals surface area contributed by atoms with Crippen LogP contribution in [-0.4, -0.2) is 9.97 Å². The van der Waals surface area contributed by atoms with Crippen molar-refractivity contribution in [2.75, 3.05) is 11.2 Å². The molecule has 5 N–H and O–H groups in total. The highest BCUT2D eigenvalue weighted by atomic mass is 19.1. The molecule has 96 valence electrons. The van der Waals surface area contributed by atoms with Crippen molar-refractivity contribution >= 4 is 11.8 Å². The van der Waals surface area contributed by atoms with E-state index in [4.69, 9.17) is 21.6 Å². The second kappa shape index (κ2) is 5.16. The van der Waals surface area contributed by atoms with Crippen LogP contribution in [0.15, 0.2) is 24.3 Å². The number of hydrogen-bond acceptors (Lipinski definition) is 7. The van der Waals surface area contributed by atoms with E-state index in [0.717, 1.165) is 6.07 Å². The van der Waals surface area contributed by atoms with Crippen molar-refractivity contribution in [1.29, 1.82) is 5.26 Å². The lowest BCUT2D eigenvalue weighted by molar-refractivity contribution is 0.456. The quantitative estimate of drug-likeness (QED) is 0.558. The van der Waals surface area contributed by atoms with E-state index in [0.29, 0.717) is 0 Å². The summed E-state index contributed by atoms with van der Waals surface area (Å²) in [5.74, 6) is 4.76. The van der Waals surface area contributed by atoms with Gasteiger partial charge in [0.25, 0.3) is 0 Å². The fourth-order valence-electron chi connectivity index (χ4n) is 1.38. The third-order valence-electron chi connectivity index (χ3n) is 2.17. The summed E-state index contributed by atoms with van der Waals surface area (Å²) in [4.78, 5) is 7.56. The van der Waals surface area contributed by atoms with Crippen LogP contribution in [0.25, 0.3) is 0 Å². The molecule has 0 amide bonds. The zero-order valence-electron chi connectivity index (χ0n) is 9.59. The molecule has 0 saturated carbocycles. The number of hydrazine groups is 1. The maximum Gasteiger partial charge on any atom is 0.226 e. The molecule has 7 nitrogen and oxygen atoms in total. The third-order valence-corrected chi connectivity index (χ3v) is 2.17. The summed E-state index contributed by atoms with van der Waals surface area (Å²) in [5.41, 5.74) is 7.52. The summed E-state index contributed by atoms with van der Waals surface area (Å²) in [5, 5.41) is 8.87. The first kappa shape index (κ1) is 12.5. The van der Waals surface area contributed by atoms with Crippen LogP contribution < -0.4 is 21.7 Å². The van der Waals surface area contributed by atoms with E-state index in [1.165, 1.54) is 18.2 Å². The molecule has 0 aliphatic carbocycles. The maximum atomic E-state index is 13.4. The zero-order chi connectivity index (χ0) is 13.8. The Morgan fingerprint density at radius 3 is 2.84 bits per heavy atom. The standard InChI is InChI=1S/C11H9FN6O/c12-7-2-1-3-8(6(7)5-13)19-10-4-9(18-15)16-11(14)17-10/h1-4H,15H2,(H3,14,16,17,18). The minimum atomic E-state index is -0.681. The highest BCUT2D eigenvalue weighted by Gasteiger charge is 2.11. The average Bonchev–Trinajstić information content (AvgIpc) is 2.38. The lowest BCUT2D eigenvalue weighted by atomic mass is 10.2. The number of nitriles is 1. The molecule has 0 bridgehead atoms. The maximum absolute atomic E-state index is 13.4. The van der Waals surface area contributed by atoms with Gasteiger partial charge < -0.3 is 15.9 Å². The van der Waals surface area contributed by atoms with Crippen molar-refractivity contribution in [3.8, 4) is 17.7 Å². The van der Waals surface area contributed by atoms with Crippen LogP contribution in [-0.2, 0) is 0 Å². The minimum Gasteiger partial charge on any atom is -0.437 e. The van der Waals surface area contributed by atoms with Crippen LogP contribution in [0, 0.1) is 17.1 Å². The van der Waals surface area contributed by atoms with Gasteiger partial charge >= 0.3 is 0 Å². The monoisotopic (exact) mass is 260 g/mol. The molecule has 0 spiro atoms. The van der Waals surface area contributed by atoms with Crippen LogP contribution in [0.5, 0.6) is 11.6 Å². The average molecular weight is 260 g/mol. The van der Waals surface area contributed by atoms with Gasteiger partial charge in [0.1, 0.15) is 29.0 Å². The number of ether oxygens (including phenoxy) is 1. The second-order valence-corrected chi connectivity index (χ2v) is 3.42. The van der Waals surface area contributed by atoms with Gasteiger partial charge in [-0.2, -0.15) is 15.2 Å². The first-order valence-corrected chi connectivity index (χ1v) is 5.11. The van der Waals surface area contributed by atoms with Crippen LogP contribution in [0.2, 0.25) is 0 Å². The fraction of sp³-hybridized carbons (Fsp3) is 0. The predicted octanol–water partition coefficient (Wildman–Crippen LogP) is 1.15. The summed E-state index contributed by atoms with van der Waals surface area (Å²) in [6.45, 7) is 0. The number of benzene rings is 1. The highest BCUT2D eigenvalue weighted by Crippen LogP contribution is 2.26. The summed E-state index contributed by atoms with van der Waals surface area (Å²) >= 11 is 0. The number of halogens is 1. The van der Waals surface area contributed by atoms with Gasteiger partial charge in [-0.15, -0.1) is 0 Å². The van der Waals surface area contributed by atoms with E-state index in [-0.39, 0.29) is 29.0 Å². The van der Waals surface area contributed by atoms with Crippen molar-refractivity contribution in [2.24, 2.45) is 5.84 Å². The Morgan fingerprint density at radius 2 is 2.16 bits per heavy atom. The molecule has 19 heavy (non-hydrogen) atoms. The van der Waals surface area contributed by atoms with E-state index >= 15 is 0 Å². The molecule has 0 aliphatic heterocycles. The molecule has 0 atom stereocenters. The molecule has 1 aromatic carbocycles. The Kier molecular flexibility index (Phi) is 3.40. The Balaban J connectivity index is 2.39. The second-order valence-electron chi connectivity index (χ2n) is 3.42. The molecule has 2 aromatic rings. The summed E-state index contributed by atoms with van der Waals surface area (Å²) in [6.07, 6.45) is 0. The number of nitrogens with one attached hydrogen (secondary N) is 1. The Hall–Kier alpha value is -2.92. The largest absolute Gasteiger partial charge is 0.437 e. The molecule has 0 aliphatic rings. The van der Waals surface area contributed by atoms with Gasteiger partial charge in [0.15, 0.2) is 0 Å². The number of anilines is 2. The Morgan fingerprint density at radius 1 is 1.37 bits per heavy atom. The van der Waals surface area contributed by atoms with Crippen LogP contribution >= 0.6 is 0 Å². The SMILES string of the molecule is N#Cc1c(F)cccc1Oc1cc(NN)nc(N)n1. The third kappa shape index (κ3) is 2.67. The van der Waals surface area contributed by atoms with Gasteiger partial charge in [-0.3, -0.25) is 0 Å². The Bertz CT molecular complexity index is 654. The van der Waals surface area contributed by atoms with Crippen molar-refractivity contribution in [3.63, 3.8) is 0 Å². The molecular weight excluding hydrogens is 251 g/mol. The number of aromatic nitrogens is 2. The normalized spacial score (nSPS) is 9.74. The zero-order valence-corrected chi connectivity index (χ0v) is 9.59. The van der Waals surface area contributed by atoms with E-state index in [1.807, 2.05) is 0 Å². The summed E-state index contributed by atoms with van der Waals surface area (Å²) in [6, 6.07) is 7.09. The molecule has 1 aromatic heterocycles. The van der Waals surface area contributed by atoms with Gasteiger partial charge in [-0.05, 0) is 12.1 Å². The molecule has 0 saturated heterocycles. The molecule has 8 heteroatoms. The Labute approximate surface area is 107 Å². The van der Waals surface area contributed by atoms with Crippen molar-refractivity contribution < 1.29 is 9.13 Å². The molecular formula is C11H9FN6O. The van der Waals surface area contributed by atoms with Gasteiger partial charge in [0.05, 0.1) is 0 Å². The number of nitrogens with zero attached hydrogens (tertiary/aromatic N) is 3.